The minimum absolute atomic E-state index is 0.335. The molecular formula is C8H14N4S. The molecule has 0 aromatic carbocycles. The second-order valence-electron chi connectivity index (χ2n) is 3.48. The minimum atomic E-state index is 0.335. The summed E-state index contributed by atoms with van der Waals surface area (Å²) in [7, 11) is 1.96. The number of hydrogen-bond acceptors (Lipinski definition) is 4. The van der Waals surface area contributed by atoms with Gasteiger partial charge in [-0.05, 0) is 12.8 Å². The number of nitrogens with two attached hydrogens (primary N) is 1. The Hall–Kier alpha value is -0.550. The maximum absolute atomic E-state index is 5.97. The zero-order valence-electron chi connectivity index (χ0n) is 7.68. The van der Waals surface area contributed by atoms with Crippen molar-refractivity contribution in [1.29, 1.82) is 0 Å². The highest BCUT2D eigenvalue weighted by molar-refractivity contribution is 7.99. The summed E-state index contributed by atoms with van der Waals surface area (Å²) in [6, 6.07) is 0.335. The van der Waals surface area contributed by atoms with Crippen LogP contribution in [0.3, 0.4) is 0 Å². The molecule has 0 amide bonds. The standard InChI is InChI=1S/C8H14N4S/c1-12-5-10-11-8(12)13-7-4-2-3-6(7)9/h5-7H,2-4,9H2,1H3. The highest BCUT2D eigenvalue weighted by Gasteiger charge is 2.26. The zero-order chi connectivity index (χ0) is 9.26. The fourth-order valence-electron chi connectivity index (χ4n) is 1.62. The molecule has 4 nitrogen and oxygen atoms in total. The quantitative estimate of drug-likeness (QED) is 0.763. The monoisotopic (exact) mass is 198 g/mol. The minimum Gasteiger partial charge on any atom is -0.327 e. The molecule has 2 atom stereocenters. The highest BCUT2D eigenvalue weighted by Crippen LogP contribution is 2.32. The van der Waals surface area contributed by atoms with Gasteiger partial charge in [0.1, 0.15) is 6.33 Å². The average molecular weight is 198 g/mol. The smallest absolute Gasteiger partial charge is 0.191 e. The van der Waals surface area contributed by atoms with Crippen molar-refractivity contribution in [3.8, 4) is 0 Å². The Morgan fingerprint density at radius 2 is 2.46 bits per heavy atom. The predicted molar refractivity (Wildman–Crippen MR) is 52.5 cm³/mol. The summed E-state index contributed by atoms with van der Waals surface area (Å²) < 4.78 is 1.94. The molecule has 72 valence electrons. The molecular weight excluding hydrogens is 184 g/mol. The van der Waals surface area contributed by atoms with Crippen molar-refractivity contribution < 1.29 is 0 Å². The second-order valence-corrected chi connectivity index (χ2v) is 4.68. The number of nitrogens with zero attached hydrogens (tertiary/aromatic N) is 3. The summed E-state index contributed by atoms with van der Waals surface area (Å²) in [6.45, 7) is 0. The molecule has 13 heavy (non-hydrogen) atoms. The third kappa shape index (κ3) is 1.86. The van der Waals surface area contributed by atoms with E-state index >= 15 is 0 Å². The van der Waals surface area contributed by atoms with Crippen molar-refractivity contribution in [2.75, 3.05) is 0 Å². The van der Waals surface area contributed by atoms with Crippen molar-refractivity contribution >= 4 is 11.8 Å². The van der Waals surface area contributed by atoms with E-state index in [1.807, 2.05) is 11.6 Å². The van der Waals surface area contributed by atoms with Gasteiger partial charge < -0.3 is 10.3 Å². The van der Waals surface area contributed by atoms with Gasteiger partial charge in [0.15, 0.2) is 5.16 Å². The van der Waals surface area contributed by atoms with Gasteiger partial charge in [-0.15, -0.1) is 10.2 Å². The summed E-state index contributed by atoms with van der Waals surface area (Å²) in [6.07, 6.45) is 5.33. The van der Waals surface area contributed by atoms with Gasteiger partial charge in [0.2, 0.25) is 0 Å². The van der Waals surface area contributed by atoms with Crippen molar-refractivity contribution in [1.82, 2.24) is 14.8 Å². The maximum atomic E-state index is 5.97. The average Bonchev–Trinajstić information content (AvgIpc) is 2.65. The molecule has 2 N–H and O–H groups in total. The van der Waals surface area contributed by atoms with E-state index in [0.717, 1.165) is 11.6 Å². The zero-order valence-corrected chi connectivity index (χ0v) is 8.50. The first-order valence-electron chi connectivity index (χ1n) is 4.53. The van der Waals surface area contributed by atoms with E-state index in [1.165, 1.54) is 12.8 Å². The normalized spacial score (nSPS) is 28.2. The lowest BCUT2D eigenvalue weighted by atomic mass is 10.3. The molecule has 0 bridgehead atoms. The van der Waals surface area contributed by atoms with Crippen LogP contribution in [0.1, 0.15) is 19.3 Å². The highest BCUT2D eigenvalue weighted by atomic mass is 32.2. The molecule has 1 aliphatic carbocycles. The maximum Gasteiger partial charge on any atom is 0.191 e. The van der Waals surface area contributed by atoms with E-state index in [1.54, 1.807) is 18.1 Å². The molecule has 1 saturated carbocycles. The van der Waals surface area contributed by atoms with Crippen LogP contribution < -0.4 is 5.73 Å². The van der Waals surface area contributed by atoms with Crippen LogP contribution >= 0.6 is 11.8 Å². The summed E-state index contributed by atoms with van der Waals surface area (Å²) in [4.78, 5) is 0. The first-order chi connectivity index (χ1) is 6.27. The summed E-state index contributed by atoms with van der Waals surface area (Å²) in [5.41, 5.74) is 5.97. The fourth-order valence-corrected chi connectivity index (χ4v) is 2.79. The molecule has 0 radical (unpaired) electrons. The molecule has 5 heteroatoms. The molecule has 0 aliphatic heterocycles. The number of thioether (sulfide) groups is 1. The van der Waals surface area contributed by atoms with Gasteiger partial charge in [-0.2, -0.15) is 0 Å². The van der Waals surface area contributed by atoms with Crippen LogP contribution in [0.5, 0.6) is 0 Å². The Kier molecular flexibility index (Phi) is 2.55. The lowest BCUT2D eigenvalue weighted by Gasteiger charge is -2.12. The van der Waals surface area contributed by atoms with Gasteiger partial charge in [0, 0.05) is 18.3 Å². The van der Waals surface area contributed by atoms with Crippen LogP contribution in [0.4, 0.5) is 0 Å². The van der Waals surface area contributed by atoms with E-state index < -0.39 is 0 Å². The van der Waals surface area contributed by atoms with Gasteiger partial charge in [-0.25, -0.2) is 0 Å². The van der Waals surface area contributed by atoms with Crippen LogP contribution in [0.15, 0.2) is 11.5 Å². The second kappa shape index (κ2) is 3.67. The van der Waals surface area contributed by atoms with Crippen LogP contribution in [0, 0.1) is 0 Å². The Balaban J connectivity index is 2.01. The third-order valence-corrected chi connectivity index (χ3v) is 3.90. The van der Waals surface area contributed by atoms with E-state index in [4.69, 9.17) is 5.73 Å². The van der Waals surface area contributed by atoms with Gasteiger partial charge in [-0.3, -0.25) is 0 Å². The van der Waals surface area contributed by atoms with Gasteiger partial charge in [0.25, 0.3) is 0 Å². The molecule has 0 saturated heterocycles. The summed E-state index contributed by atoms with van der Waals surface area (Å²) in [5, 5.41) is 9.38. The largest absolute Gasteiger partial charge is 0.327 e. The van der Waals surface area contributed by atoms with Crippen LogP contribution in [-0.2, 0) is 7.05 Å². The number of rotatable bonds is 2. The van der Waals surface area contributed by atoms with Crippen molar-refractivity contribution in [3.63, 3.8) is 0 Å². The van der Waals surface area contributed by atoms with Gasteiger partial charge in [0.05, 0.1) is 0 Å². The third-order valence-electron chi connectivity index (χ3n) is 2.43. The number of hydrogen-bond donors (Lipinski definition) is 1. The number of aryl methyl sites for hydroxylation is 1. The van der Waals surface area contributed by atoms with E-state index in [2.05, 4.69) is 10.2 Å². The van der Waals surface area contributed by atoms with Crippen molar-refractivity contribution in [3.05, 3.63) is 6.33 Å². The summed E-state index contributed by atoms with van der Waals surface area (Å²) >= 11 is 1.76. The Labute approximate surface area is 81.9 Å². The molecule has 1 aromatic rings. The lowest BCUT2D eigenvalue weighted by Crippen LogP contribution is -2.26. The Morgan fingerprint density at radius 3 is 3.00 bits per heavy atom. The molecule has 0 spiro atoms. The van der Waals surface area contributed by atoms with Crippen LogP contribution in [-0.4, -0.2) is 26.1 Å². The first kappa shape index (κ1) is 9.02. The molecule has 1 aliphatic rings. The van der Waals surface area contributed by atoms with Gasteiger partial charge in [-0.1, -0.05) is 18.2 Å². The SMILES string of the molecule is Cn1cnnc1SC1CCCC1N. The molecule has 2 unspecified atom stereocenters. The predicted octanol–water partition coefficient (Wildman–Crippen LogP) is 0.787. The summed E-state index contributed by atoms with van der Waals surface area (Å²) in [5.74, 6) is 0. The molecule has 2 rings (SSSR count). The van der Waals surface area contributed by atoms with Crippen molar-refractivity contribution in [2.24, 2.45) is 12.8 Å². The van der Waals surface area contributed by atoms with Crippen LogP contribution in [0.2, 0.25) is 0 Å². The first-order valence-corrected chi connectivity index (χ1v) is 5.41. The molecule has 1 aromatic heterocycles. The Bertz CT molecular complexity index is 285. The van der Waals surface area contributed by atoms with Crippen LogP contribution in [0.25, 0.3) is 0 Å². The van der Waals surface area contributed by atoms with E-state index in [0.29, 0.717) is 11.3 Å². The topological polar surface area (TPSA) is 56.7 Å². The van der Waals surface area contributed by atoms with Crippen molar-refractivity contribution in [2.45, 2.75) is 35.7 Å². The molecule has 1 heterocycles. The fraction of sp³-hybridized carbons (Fsp3) is 0.750. The number of aromatic nitrogens is 3. The lowest BCUT2D eigenvalue weighted by molar-refractivity contribution is 0.708. The Morgan fingerprint density at radius 1 is 1.62 bits per heavy atom. The molecule has 1 fully saturated rings. The van der Waals surface area contributed by atoms with E-state index in [9.17, 15) is 0 Å². The van der Waals surface area contributed by atoms with E-state index in [-0.39, 0.29) is 0 Å². The van der Waals surface area contributed by atoms with Gasteiger partial charge >= 0.3 is 0 Å².